The van der Waals surface area contributed by atoms with Gasteiger partial charge in [0, 0.05) is 6.92 Å². The maximum absolute atomic E-state index is 5.29. The molecule has 0 bridgehead atoms. The smallest absolute Gasteiger partial charge is 0.345 e. The van der Waals surface area contributed by atoms with Gasteiger partial charge >= 0.3 is 6.01 Å². The van der Waals surface area contributed by atoms with E-state index in [-0.39, 0.29) is 17.9 Å². The quantitative estimate of drug-likeness (QED) is 0.361. The van der Waals surface area contributed by atoms with E-state index in [4.69, 9.17) is 21.6 Å². The van der Waals surface area contributed by atoms with Gasteiger partial charge in [-0.05, 0) is 0 Å². The predicted molar refractivity (Wildman–Crippen MR) is 46.1 cm³/mol. The summed E-state index contributed by atoms with van der Waals surface area (Å²) < 4.78 is 4.90. The highest BCUT2D eigenvalue weighted by molar-refractivity contribution is 5.93. The average Bonchev–Trinajstić information content (AvgIpc) is 2.33. The van der Waals surface area contributed by atoms with Crippen LogP contribution in [0.4, 0.5) is 6.01 Å². The fourth-order valence-electron chi connectivity index (χ4n) is 0.587. The number of guanidine groups is 2. The van der Waals surface area contributed by atoms with Crippen molar-refractivity contribution in [1.82, 2.24) is 10.2 Å². The zero-order valence-electron chi connectivity index (χ0n) is 6.93. The van der Waals surface area contributed by atoms with Gasteiger partial charge in [0.15, 0.2) is 5.96 Å². The molecule has 0 aliphatic rings. The van der Waals surface area contributed by atoms with Crippen LogP contribution in [0.25, 0.3) is 0 Å². The maximum atomic E-state index is 5.29. The Kier molecular flexibility index (Phi) is 2.43. The van der Waals surface area contributed by atoms with Crippen LogP contribution in [-0.2, 0) is 0 Å². The molecule has 1 heterocycles. The molecule has 0 amide bonds. The highest BCUT2D eigenvalue weighted by Gasteiger charge is 1.99. The van der Waals surface area contributed by atoms with Gasteiger partial charge in [0.05, 0.1) is 0 Å². The van der Waals surface area contributed by atoms with Crippen molar-refractivity contribution in [3.8, 4) is 0 Å². The Bertz CT molecular complexity index is 348. The van der Waals surface area contributed by atoms with Crippen molar-refractivity contribution >= 4 is 17.9 Å². The number of aryl methyl sites for hydroxylation is 1. The van der Waals surface area contributed by atoms with Crippen LogP contribution >= 0.6 is 0 Å². The van der Waals surface area contributed by atoms with Crippen molar-refractivity contribution in [2.45, 2.75) is 6.92 Å². The fourth-order valence-corrected chi connectivity index (χ4v) is 0.587. The van der Waals surface area contributed by atoms with Crippen LogP contribution < -0.4 is 17.2 Å². The molecule has 0 saturated carbocycles. The van der Waals surface area contributed by atoms with E-state index in [0.29, 0.717) is 5.89 Å². The lowest BCUT2D eigenvalue weighted by molar-refractivity contribution is 0.529. The molecular formula is C5H9N7O. The van der Waals surface area contributed by atoms with E-state index in [2.05, 4.69) is 20.2 Å². The second kappa shape index (κ2) is 3.52. The Hall–Kier alpha value is -2.12. The fraction of sp³-hybridized carbons (Fsp3) is 0.200. The van der Waals surface area contributed by atoms with Gasteiger partial charge in [-0.2, -0.15) is 9.98 Å². The summed E-state index contributed by atoms with van der Waals surface area (Å²) in [5.74, 6) is 0.0670. The van der Waals surface area contributed by atoms with Crippen LogP contribution in [0.3, 0.4) is 0 Å². The summed E-state index contributed by atoms with van der Waals surface area (Å²) >= 11 is 0. The summed E-state index contributed by atoms with van der Waals surface area (Å²) in [6.07, 6.45) is 0. The first-order chi connectivity index (χ1) is 6.08. The van der Waals surface area contributed by atoms with Crippen LogP contribution in [0.15, 0.2) is 14.4 Å². The van der Waals surface area contributed by atoms with E-state index in [1.807, 2.05) is 0 Å². The third kappa shape index (κ3) is 2.77. The van der Waals surface area contributed by atoms with Gasteiger partial charge in [0.25, 0.3) is 0 Å². The normalized spacial score (nSPS) is 11.3. The number of hydrogen-bond acceptors (Lipinski definition) is 4. The van der Waals surface area contributed by atoms with Gasteiger partial charge in [-0.15, -0.1) is 5.10 Å². The van der Waals surface area contributed by atoms with Crippen LogP contribution in [0.2, 0.25) is 0 Å². The molecule has 1 rings (SSSR count). The first-order valence-electron chi connectivity index (χ1n) is 3.32. The molecule has 1 aromatic heterocycles. The number of nitrogens with two attached hydrogens (primary N) is 3. The highest BCUT2D eigenvalue weighted by Crippen LogP contribution is 2.07. The Morgan fingerprint density at radius 1 is 1.31 bits per heavy atom. The molecule has 0 radical (unpaired) electrons. The molecule has 6 N–H and O–H groups in total. The zero-order valence-corrected chi connectivity index (χ0v) is 6.93. The van der Waals surface area contributed by atoms with E-state index in [1.165, 1.54) is 0 Å². The molecule has 8 heteroatoms. The Morgan fingerprint density at radius 3 is 2.46 bits per heavy atom. The van der Waals surface area contributed by atoms with Crippen molar-refractivity contribution in [1.29, 1.82) is 0 Å². The third-order valence-electron chi connectivity index (χ3n) is 0.969. The largest absolute Gasteiger partial charge is 0.407 e. The molecular weight excluding hydrogens is 174 g/mol. The van der Waals surface area contributed by atoms with Gasteiger partial charge in [-0.25, -0.2) is 0 Å². The predicted octanol–water partition coefficient (Wildman–Crippen LogP) is -1.40. The van der Waals surface area contributed by atoms with Crippen molar-refractivity contribution in [2.75, 3.05) is 0 Å². The molecule has 0 saturated heterocycles. The van der Waals surface area contributed by atoms with Gasteiger partial charge in [-0.1, -0.05) is 5.10 Å². The summed E-state index contributed by atoms with van der Waals surface area (Å²) in [6, 6.07) is 0.0139. The molecule has 1 aromatic rings. The molecule has 70 valence electrons. The zero-order chi connectivity index (χ0) is 9.84. The van der Waals surface area contributed by atoms with Crippen LogP contribution in [-0.4, -0.2) is 22.1 Å². The summed E-state index contributed by atoms with van der Waals surface area (Å²) in [5.41, 5.74) is 15.4. The molecule has 0 unspecified atom stereocenters. The third-order valence-corrected chi connectivity index (χ3v) is 0.969. The maximum Gasteiger partial charge on any atom is 0.345 e. The summed E-state index contributed by atoms with van der Waals surface area (Å²) in [7, 11) is 0. The monoisotopic (exact) mass is 183 g/mol. The second-order valence-electron chi connectivity index (χ2n) is 2.11. The molecule has 0 spiro atoms. The number of rotatable bonds is 1. The Balaban J connectivity index is 2.82. The molecule has 0 fully saturated rings. The summed E-state index contributed by atoms with van der Waals surface area (Å²) in [6.45, 7) is 1.63. The molecule has 0 aliphatic heterocycles. The molecule has 8 nitrogen and oxygen atoms in total. The van der Waals surface area contributed by atoms with Gasteiger partial charge in [-0.3, -0.25) is 0 Å². The molecule has 0 atom stereocenters. The molecule has 0 aromatic carbocycles. The minimum Gasteiger partial charge on any atom is -0.407 e. The lowest BCUT2D eigenvalue weighted by Crippen LogP contribution is -2.26. The lowest BCUT2D eigenvalue weighted by atomic mass is 10.8. The van der Waals surface area contributed by atoms with Gasteiger partial charge < -0.3 is 21.6 Å². The highest BCUT2D eigenvalue weighted by atomic mass is 16.4. The number of hydrogen-bond donors (Lipinski definition) is 3. The first kappa shape index (κ1) is 8.97. The molecule has 13 heavy (non-hydrogen) atoms. The molecule has 0 aliphatic carbocycles. The van der Waals surface area contributed by atoms with E-state index in [0.717, 1.165) is 0 Å². The van der Waals surface area contributed by atoms with E-state index in [9.17, 15) is 0 Å². The number of aromatic nitrogens is 2. The first-order valence-corrected chi connectivity index (χ1v) is 3.32. The van der Waals surface area contributed by atoms with Crippen molar-refractivity contribution in [2.24, 2.45) is 27.2 Å². The lowest BCUT2D eigenvalue weighted by Gasteiger charge is -1.89. The standard InChI is InChI=1S/C5H9N7O/c1-2-11-12-5(13-2)10-4(8)9-3(6)7/h1H3,(H6,6,7,8,9,10,12). The van der Waals surface area contributed by atoms with Crippen LogP contribution in [0.5, 0.6) is 0 Å². The van der Waals surface area contributed by atoms with Crippen molar-refractivity contribution in [3.05, 3.63) is 5.89 Å². The van der Waals surface area contributed by atoms with E-state index < -0.39 is 0 Å². The Morgan fingerprint density at radius 2 is 2.00 bits per heavy atom. The SMILES string of the molecule is Cc1nnc(/N=C(\N)N=C(N)N)o1. The van der Waals surface area contributed by atoms with Crippen LogP contribution in [0, 0.1) is 6.92 Å². The number of aliphatic imine (C=N–C) groups is 2. The minimum atomic E-state index is -0.183. The van der Waals surface area contributed by atoms with Crippen LogP contribution in [0.1, 0.15) is 5.89 Å². The number of nitrogens with zero attached hydrogens (tertiary/aromatic N) is 4. The van der Waals surface area contributed by atoms with E-state index >= 15 is 0 Å². The summed E-state index contributed by atoms with van der Waals surface area (Å²) in [4.78, 5) is 7.08. The summed E-state index contributed by atoms with van der Waals surface area (Å²) in [5, 5.41) is 7.09. The Labute approximate surface area is 73.5 Å². The average molecular weight is 183 g/mol. The van der Waals surface area contributed by atoms with Gasteiger partial charge in [0.2, 0.25) is 11.9 Å². The topological polar surface area (TPSA) is 142 Å². The van der Waals surface area contributed by atoms with Gasteiger partial charge in [0.1, 0.15) is 0 Å². The van der Waals surface area contributed by atoms with Crippen molar-refractivity contribution in [3.63, 3.8) is 0 Å². The second-order valence-corrected chi connectivity index (χ2v) is 2.11. The van der Waals surface area contributed by atoms with Crippen molar-refractivity contribution < 1.29 is 4.42 Å². The van der Waals surface area contributed by atoms with E-state index in [1.54, 1.807) is 6.92 Å². The minimum absolute atomic E-state index is 0.0139.